The van der Waals surface area contributed by atoms with E-state index in [1.807, 2.05) is 17.0 Å². The molecule has 0 N–H and O–H groups in total. The second-order valence-electron chi connectivity index (χ2n) is 9.91. The van der Waals surface area contributed by atoms with Crippen LogP contribution in [0.25, 0.3) is 0 Å². The Bertz CT molecular complexity index is 969. The third kappa shape index (κ3) is 5.29. The predicted molar refractivity (Wildman–Crippen MR) is 133 cm³/mol. The second-order valence-corrected chi connectivity index (χ2v) is 10.9. The summed E-state index contributed by atoms with van der Waals surface area (Å²) in [6, 6.07) is 8.11. The molecule has 6 nitrogen and oxygen atoms in total. The van der Waals surface area contributed by atoms with Gasteiger partial charge in [-0.25, -0.2) is 4.98 Å². The Morgan fingerprint density at radius 2 is 1.85 bits per heavy atom. The zero-order valence-electron chi connectivity index (χ0n) is 19.9. The van der Waals surface area contributed by atoms with E-state index in [1.54, 1.807) is 23.6 Å². The van der Waals surface area contributed by atoms with Gasteiger partial charge in [-0.05, 0) is 62.5 Å². The number of hydrogen-bond acceptors (Lipinski definition) is 5. The summed E-state index contributed by atoms with van der Waals surface area (Å²) in [4.78, 5) is 35.5. The molecule has 2 saturated heterocycles. The molecule has 3 fully saturated rings. The Labute approximate surface area is 206 Å². The van der Waals surface area contributed by atoms with Crippen molar-refractivity contribution in [2.45, 2.75) is 69.7 Å². The van der Waals surface area contributed by atoms with Gasteiger partial charge in [0.25, 0.3) is 5.91 Å². The zero-order chi connectivity index (χ0) is 23.3. The molecule has 4 heterocycles. The number of nitrogens with zero attached hydrogens (tertiary/aromatic N) is 3. The normalized spacial score (nSPS) is 23.4. The van der Waals surface area contributed by atoms with Gasteiger partial charge in [-0.3, -0.25) is 9.59 Å². The van der Waals surface area contributed by atoms with Crippen LogP contribution in [0.2, 0.25) is 0 Å². The maximum Gasteiger partial charge on any atom is 0.254 e. The third-order valence-electron chi connectivity index (χ3n) is 7.82. The summed E-state index contributed by atoms with van der Waals surface area (Å²) in [5.74, 6) is 2.08. The van der Waals surface area contributed by atoms with Gasteiger partial charge < -0.3 is 14.5 Å². The molecular weight excluding hydrogens is 446 g/mol. The number of hydrogen-bond donors (Lipinski definition) is 0. The fourth-order valence-electron chi connectivity index (χ4n) is 5.97. The van der Waals surface area contributed by atoms with Crippen molar-refractivity contribution in [1.29, 1.82) is 0 Å². The minimum atomic E-state index is 0.142. The van der Waals surface area contributed by atoms with Gasteiger partial charge >= 0.3 is 0 Å². The van der Waals surface area contributed by atoms with Gasteiger partial charge in [0, 0.05) is 48.2 Å². The molecule has 2 atom stereocenters. The van der Waals surface area contributed by atoms with E-state index in [2.05, 4.69) is 21.3 Å². The fourth-order valence-corrected chi connectivity index (χ4v) is 7.02. The highest BCUT2D eigenvalue weighted by atomic mass is 32.1. The van der Waals surface area contributed by atoms with Crippen molar-refractivity contribution in [2.24, 2.45) is 5.92 Å². The predicted octanol–water partition coefficient (Wildman–Crippen LogP) is 5.11. The van der Waals surface area contributed by atoms with Crippen molar-refractivity contribution in [3.05, 3.63) is 46.3 Å². The van der Waals surface area contributed by atoms with E-state index in [0.29, 0.717) is 36.8 Å². The number of carbonyl (C=O) groups excluding carboxylic acids is 2. The highest BCUT2D eigenvalue weighted by Crippen LogP contribution is 2.37. The number of amides is 2. The Kier molecular flexibility index (Phi) is 7.48. The van der Waals surface area contributed by atoms with Crippen molar-refractivity contribution in [3.63, 3.8) is 0 Å². The van der Waals surface area contributed by atoms with Gasteiger partial charge in [0.2, 0.25) is 11.8 Å². The molecule has 2 aromatic rings. The van der Waals surface area contributed by atoms with Gasteiger partial charge in [0.15, 0.2) is 0 Å². The van der Waals surface area contributed by atoms with Crippen LogP contribution in [0, 0.1) is 5.92 Å². The first-order valence-electron chi connectivity index (χ1n) is 12.9. The number of fused-ring (bicyclic) bond motifs is 1. The quantitative estimate of drug-likeness (QED) is 0.575. The number of piperidine rings is 2. The van der Waals surface area contributed by atoms with Gasteiger partial charge in [0.05, 0.1) is 18.6 Å². The highest BCUT2D eigenvalue weighted by Gasteiger charge is 2.36. The first kappa shape index (κ1) is 23.3. The summed E-state index contributed by atoms with van der Waals surface area (Å²) in [7, 11) is 0. The van der Waals surface area contributed by atoms with Crippen LogP contribution >= 0.6 is 11.3 Å². The Balaban J connectivity index is 1.11. The molecule has 2 unspecified atom stereocenters. The molecule has 34 heavy (non-hydrogen) atoms. The summed E-state index contributed by atoms with van der Waals surface area (Å²) >= 11 is 1.72. The Morgan fingerprint density at radius 3 is 2.68 bits per heavy atom. The number of ether oxygens (including phenoxy) is 1. The van der Waals surface area contributed by atoms with E-state index in [9.17, 15) is 9.59 Å². The van der Waals surface area contributed by atoms with Gasteiger partial charge in [-0.2, -0.15) is 0 Å². The summed E-state index contributed by atoms with van der Waals surface area (Å²) in [5, 5.41) is 2.07. The third-order valence-corrected chi connectivity index (χ3v) is 8.92. The average molecular weight is 482 g/mol. The average Bonchev–Trinajstić information content (AvgIpc) is 3.39. The lowest BCUT2D eigenvalue weighted by molar-refractivity contribution is -0.132. The summed E-state index contributed by atoms with van der Waals surface area (Å²) in [6.45, 7) is 2.80. The van der Waals surface area contributed by atoms with E-state index in [0.717, 1.165) is 44.5 Å². The van der Waals surface area contributed by atoms with Crippen molar-refractivity contribution >= 4 is 23.2 Å². The molecule has 2 amide bonds. The number of thiophene rings is 1. The molecule has 1 saturated carbocycles. The maximum atomic E-state index is 13.4. The number of carbonyl (C=O) groups is 2. The Hall–Kier alpha value is -2.41. The number of rotatable bonds is 6. The van der Waals surface area contributed by atoms with Crippen LogP contribution in [0.1, 0.15) is 78.9 Å². The topological polar surface area (TPSA) is 62.7 Å². The molecule has 2 aliphatic heterocycles. The molecular formula is C27H35N3O3S. The van der Waals surface area contributed by atoms with Crippen LogP contribution < -0.4 is 4.74 Å². The fraction of sp³-hybridized carbons (Fsp3) is 0.593. The van der Waals surface area contributed by atoms with E-state index >= 15 is 0 Å². The van der Waals surface area contributed by atoms with Crippen molar-refractivity contribution < 1.29 is 14.3 Å². The lowest BCUT2D eigenvalue weighted by Crippen LogP contribution is -2.49. The molecule has 7 heteroatoms. The van der Waals surface area contributed by atoms with Gasteiger partial charge in [0.1, 0.15) is 0 Å². The molecule has 3 aliphatic rings. The number of pyridine rings is 1. The minimum Gasteiger partial charge on any atom is -0.477 e. The van der Waals surface area contributed by atoms with Crippen LogP contribution in [0.4, 0.5) is 0 Å². The lowest BCUT2D eigenvalue weighted by atomic mass is 9.78. The Morgan fingerprint density at radius 1 is 1.03 bits per heavy atom. The van der Waals surface area contributed by atoms with Crippen LogP contribution in [0.3, 0.4) is 0 Å². The molecule has 0 radical (unpaired) electrons. The van der Waals surface area contributed by atoms with E-state index in [-0.39, 0.29) is 11.8 Å². The van der Waals surface area contributed by atoms with E-state index < -0.39 is 0 Å². The van der Waals surface area contributed by atoms with Gasteiger partial charge in [-0.1, -0.05) is 18.9 Å². The molecule has 0 spiro atoms. The van der Waals surface area contributed by atoms with Crippen LogP contribution in [0.5, 0.6) is 5.88 Å². The molecule has 2 aromatic heterocycles. The second kappa shape index (κ2) is 10.9. The highest BCUT2D eigenvalue weighted by molar-refractivity contribution is 7.10. The molecule has 1 aliphatic carbocycles. The standard InChI is InChI=1S/C27H35N3O3S/c31-26(12-17-33-25-9-3-4-13-28-25)29-15-10-21(11-16-29)24-18-22(19-34-24)27(32)30-14-5-7-20-6-1-2-8-23(20)30/h3-4,9,13,18-21,23H,1-2,5-8,10-12,14-17H2. The van der Waals surface area contributed by atoms with Crippen LogP contribution in [-0.2, 0) is 4.79 Å². The molecule has 182 valence electrons. The van der Waals surface area contributed by atoms with Crippen molar-refractivity contribution in [3.8, 4) is 5.88 Å². The monoisotopic (exact) mass is 481 g/mol. The van der Waals surface area contributed by atoms with Crippen molar-refractivity contribution in [1.82, 2.24) is 14.8 Å². The number of aromatic nitrogens is 1. The maximum absolute atomic E-state index is 13.4. The summed E-state index contributed by atoms with van der Waals surface area (Å²) in [5.41, 5.74) is 0.872. The molecule has 5 rings (SSSR count). The van der Waals surface area contributed by atoms with Crippen LogP contribution in [0.15, 0.2) is 35.8 Å². The minimum absolute atomic E-state index is 0.142. The lowest BCUT2D eigenvalue weighted by Gasteiger charge is -2.44. The van der Waals surface area contributed by atoms with Crippen molar-refractivity contribution in [2.75, 3.05) is 26.2 Å². The largest absolute Gasteiger partial charge is 0.477 e. The van der Waals surface area contributed by atoms with E-state index in [4.69, 9.17) is 4.74 Å². The van der Waals surface area contributed by atoms with Gasteiger partial charge in [-0.15, -0.1) is 11.3 Å². The summed E-state index contributed by atoms with van der Waals surface area (Å²) < 4.78 is 5.57. The van der Waals surface area contributed by atoms with Crippen LogP contribution in [-0.4, -0.2) is 58.9 Å². The summed E-state index contributed by atoms with van der Waals surface area (Å²) in [6.07, 6.45) is 11.4. The first-order chi connectivity index (χ1) is 16.7. The number of likely N-dealkylation sites (tertiary alicyclic amines) is 2. The van der Waals surface area contributed by atoms with E-state index in [1.165, 1.54) is 37.0 Å². The smallest absolute Gasteiger partial charge is 0.254 e. The SMILES string of the molecule is O=C(CCOc1ccccn1)N1CCC(c2cc(C(=O)N3CCCC4CCCCC43)cs2)CC1. The molecule has 0 bridgehead atoms. The molecule has 0 aromatic carbocycles. The first-order valence-corrected chi connectivity index (χ1v) is 13.8. The zero-order valence-corrected chi connectivity index (χ0v) is 20.7.